The summed E-state index contributed by atoms with van der Waals surface area (Å²) < 4.78 is 43.4. The number of rotatable bonds is 3. The minimum atomic E-state index is -4.10. The molecule has 1 fully saturated rings. The third-order valence-electron chi connectivity index (χ3n) is 3.66. The van der Waals surface area contributed by atoms with Crippen molar-refractivity contribution in [2.24, 2.45) is 5.92 Å². The molecule has 2 nitrogen and oxygen atoms in total. The predicted octanol–water partition coefficient (Wildman–Crippen LogP) is 4.88. The number of ether oxygens (including phenoxy) is 1. The summed E-state index contributed by atoms with van der Waals surface area (Å²) in [5, 5.41) is 3.63. The third kappa shape index (κ3) is 3.72. The molecule has 112 valence electrons. The molecule has 0 aliphatic heterocycles. The zero-order chi connectivity index (χ0) is 14.8. The van der Waals surface area contributed by atoms with E-state index in [1.165, 1.54) is 7.11 Å². The molecule has 2 atom stereocenters. The Labute approximate surface area is 121 Å². The van der Waals surface area contributed by atoms with Crippen LogP contribution in [0, 0.1) is 5.92 Å². The molecule has 1 N–H and O–H groups in total. The molecule has 0 aromatic heterocycles. The van der Waals surface area contributed by atoms with E-state index in [1.54, 1.807) is 18.2 Å². The Balaban J connectivity index is 2.02. The normalized spacial score (nSPS) is 23.4. The molecule has 2 rings (SSSR count). The summed E-state index contributed by atoms with van der Waals surface area (Å²) in [5.41, 5.74) is 0.735. The molecule has 6 heteroatoms. The van der Waals surface area contributed by atoms with Crippen molar-refractivity contribution >= 4 is 17.3 Å². The molecule has 0 amide bonds. The van der Waals surface area contributed by atoms with Crippen LogP contribution in [-0.4, -0.2) is 19.3 Å². The van der Waals surface area contributed by atoms with Crippen LogP contribution >= 0.6 is 11.6 Å². The predicted molar refractivity (Wildman–Crippen MR) is 73.4 cm³/mol. The number of halogens is 4. The monoisotopic (exact) mass is 307 g/mol. The van der Waals surface area contributed by atoms with Crippen molar-refractivity contribution in [3.63, 3.8) is 0 Å². The first kappa shape index (κ1) is 15.3. The standard InChI is InChI=1S/C14H17ClF3NO/c1-20-13-8-11(5-6-12(13)15)19-10-4-2-3-9(7-10)14(16,17)18/h5-6,8-10,19H,2-4,7H2,1H3. The van der Waals surface area contributed by atoms with Gasteiger partial charge in [0.15, 0.2) is 0 Å². The van der Waals surface area contributed by atoms with Crippen LogP contribution in [0.1, 0.15) is 25.7 Å². The van der Waals surface area contributed by atoms with Gasteiger partial charge in [0.2, 0.25) is 0 Å². The van der Waals surface area contributed by atoms with Gasteiger partial charge in [-0.1, -0.05) is 18.0 Å². The van der Waals surface area contributed by atoms with Crippen molar-refractivity contribution in [1.29, 1.82) is 0 Å². The molecule has 1 saturated carbocycles. The number of hydrogen-bond acceptors (Lipinski definition) is 2. The van der Waals surface area contributed by atoms with Crippen LogP contribution in [0.4, 0.5) is 18.9 Å². The molecule has 20 heavy (non-hydrogen) atoms. The Hall–Kier alpha value is -1.10. The fourth-order valence-electron chi connectivity index (χ4n) is 2.60. The maximum absolute atomic E-state index is 12.8. The van der Waals surface area contributed by atoms with Gasteiger partial charge in [0, 0.05) is 17.8 Å². The molecule has 1 aliphatic rings. The van der Waals surface area contributed by atoms with E-state index in [2.05, 4.69) is 5.32 Å². The van der Waals surface area contributed by atoms with Gasteiger partial charge in [-0.2, -0.15) is 13.2 Å². The molecule has 0 radical (unpaired) electrons. The molecule has 0 saturated heterocycles. The molecule has 0 spiro atoms. The lowest BCUT2D eigenvalue weighted by atomic mass is 9.85. The quantitative estimate of drug-likeness (QED) is 0.859. The minimum absolute atomic E-state index is 0.119. The lowest BCUT2D eigenvalue weighted by Crippen LogP contribution is -2.34. The molecule has 1 aliphatic carbocycles. The Morgan fingerprint density at radius 1 is 1.30 bits per heavy atom. The Bertz CT molecular complexity index is 464. The van der Waals surface area contributed by atoms with Gasteiger partial charge in [-0.3, -0.25) is 0 Å². The van der Waals surface area contributed by atoms with Crippen LogP contribution in [0.15, 0.2) is 18.2 Å². The summed E-state index contributed by atoms with van der Waals surface area (Å²) in [7, 11) is 1.51. The molecule has 1 aromatic rings. The van der Waals surface area contributed by atoms with Crippen LogP contribution in [0.5, 0.6) is 5.75 Å². The van der Waals surface area contributed by atoms with E-state index in [0.717, 1.165) is 12.1 Å². The average Bonchev–Trinajstić information content (AvgIpc) is 2.40. The summed E-state index contributed by atoms with van der Waals surface area (Å²) in [6.07, 6.45) is -2.41. The Morgan fingerprint density at radius 3 is 2.70 bits per heavy atom. The van der Waals surface area contributed by atoms with Crippen molar-refractivity contribution in [2.45, 2.75) is 37.9 Å². The second-order valence-corrected chi connectivity index (χ2v) is 5.50. The highest BCUT2D eigenvalue weighted by Gasteiger charge is 2.42. The highest BCUT2D eigenvalue weighted by molar-refractivity contribution is 6.32. The van der Waals surface area contributed by atoms with Gasteiger partial charge in [-0.05, 0) is 31.4 Å². The molecule has 2 unspecified atom stereocenters. The average molecular weight is 308 g/mol. The molecule has 0 heterocycles. The Kier molecular flexibility index (Phi) is 4.68. The van der Waals surface area contributed by atoms with E-state index >= 15 is 0 Å². The van der Waals surface area contributed by atoms with E-state index in [9.17, 15) is 13.2 Å². The van der Waals surface area contributed by atoms with Gasteiger partial charge in [0.1, 0.15) is 5.75 Å². The third-order valence-corrected chi connectivity index (χ3v) is 3.97. The summed E-state index contributed by atoms with van der Waals surface area (Å²) in [4.78, 5) is 0. The zero-order valence-corrected chi connectivity index (χ0v) is 11.9. The lowest BCUT2D eigenvalue weighted by molar-refractivity contribution is -0.182. The van der Waals surface area contributed by atoms with Gasteiger partial charge >= 0.3 is 6.18 Å². The number of alkyl halides is 3. The van der Waals surface area contributed by atoms with Crippen LogP contribution in [-0.2, 0) is 0 Å². The zero-order valence-electron chi connectivity index (χ0n) is 11.1. The summed E-state index contributed by atoms with van der Waals surface area (Å²) in [6.45, 7) is 0. The van der Waals surface area contributed by atoms with E-state index in [-0.39, 0.29) is 18.9 Å². The van der Waals surface area contributed by atoms with Crippen LogP contribution in [0.3, 0.4) is 0 Å². The van der Waals surface area contributed by atoms with E-state index < -0.39 is 12.1 Å². The fraction of sp³-hybridized carbons (Fsp3) is 0.571. The van der Waals surface area contributed by atoms with Gasteiger partial charge in [-0.25, -0.2) is 0 Å². The first-order valence-corrected chi connectivity index (χ1v) is 6.94. The van der Waals surface area contributed by atoms with Crippen LogP contribution < -0.4 is 10.1 Å². The van der Waals surface area contributed by atoms with E-state index in [0.29, 0.717) is 17.2 Å². The van der Waals surface area contributed by atoms with Crippen molar-refractivity contribution in [3.8, 4) is 5.75 Å². The van der Waals surface area contributed by atoms with Crippen LogP contribution in [0.25, 0.3) is 0 Å². The van der Waals surface area contributed by atoms with E-state index in [4.69, 9.17) is 16.3 Å². The molecular weight excluding hydrogens is 291 g/mol. The number of benzene rings is 1. The lowest BCUT2D eigenvalue weighted by Gasteiger charge is -2.31. The molecule has 1 aromatic carbocycles. The second kappa shape index (κ2) is 6.12. The van der Waals surface area contributed by atoms with Gasteiger partial charge in [-0.15, -0.1) is 0 Å². The van der Waals surface area contributed by atoms with Crippen molar-refractivity contribution in [1.82, 2.24) is 0 Å². The smallest absolute Gasteiger partial charge is 0.391 e. The number of hydrogen-bond donors (Lipinski definition) is 1. The largest absolute Gasteiger partial charge is 0.495 e. The fourth-order valence-corrected chi connectivity index (χ4v) is 2.80. The van der Waals surface area contributed by atoms with E-state index in [1.807, 2.05) is 0 Å². The topological polar surface area (TPSA) is 21.3 Å². The van der Waals surface area contributed by atoms with Crippen molar-refractivity contribution in [3.05, 3.63) is 23.2 Å². The van der Waals surface area contributed by atoms with Gasteiger partial charge in [0.25, 0.3) is 0 Å². The van der Waals surface area contributed by atoms with Crippen molar-refractivity contribution < 1.29 is 17.9 Å². The molecule has 0 bridgehead atoms. The number of anilines is 1. The summed E-state index contributed by atoms with van der Waals surface area (Å²) in [5.74, 6) is -0.692. The highest BCUT2D eigenvalue weighted by atomic mass is 35.5. The van der Waals surface area contributed by atoms with Crippen molar-refractivity contribution in [2.75, 3.05) is 12.4 Å². The Morgan fingerprint density at radius 2 is 2.05 bits per heavy atom. The van der Waals surface area contributed by atoms with Gasteiger partial charge in [0.05, 0.1) is 18.1 Å². The highest BCUT2D eigenvalue weighted by Crippen LogP contribution is 2.38. The maximum Gasteiger partial charge on any atom is 0.391 e. The summed E-state index contributed by atoms with van der Waals surface area (Å²) in [6, 6.07) is 4.97. The minimum Gasteiger partial charge on any atom is -0.495 e. The number of nitrogens with one attached hydrogen (secondary N) is 1. The SMILES string of the molecule is COc1cc(NC2CCCC(C(F)(F)F)C2)ccc1Cl. The first-order chi connectivity index (χ1) is 9.40. The van der Waals surface area contributed by atoms with Gasteiger partial charge < -0.3 is 10.1 Å². The summed E-state index contributed by atoms with van der Waals surface area (Å²) >= 11 is 5.92. The first-order valence-electron chi connectivity index (χ1n) is 6.57. The maximum atomic E-state index is 12.8. The number of methoxy groups -OCH3 is 1. The molecular formula is C14H17ClF3NO. The second-order valence-electron chi connectivity index (χ2n) is 5.10. The van der Waals surface area contributed by atoms with Crippen LogP contribution in [0.2, 0.25) is 5.02 Å².